The Morgan fingerprint density at radius 1 is 1.12 bits per heavy atom. The first-order valence-corrected chi connectivity index (χ1v) is 8.63. The largest absolute Gasteiger partial charge is 0.454 e. The number of benzene rings is 2. The molecule has 25 heavy (non-hydrogen) atoms. The second kappa shape index (κ2) is 6.37. The van der Waals surface area contributed by atoms with Gasteiger partial charge in [0.15, 0.2) is 17.2 Å². The summed E-state index contributed by atoms with van der Waals surface area (Å²) in [5, 5.41) is 0.857. The summed E-state index contributed by atoms with van der Waals surface area (Å²) in [6, 6.07) is 8.38. The van der Waals surface area contributed by atoms with Gasteiger partial charge in [-0.15, -0.1) is 0 Å². The molecule has 2 heterocycles. The second-order valence-electron chi connectivity index (χ2n) is 5.19. The predicted molar refractivity (Wildman–Crippen MR) is 97.3 cm³/mol. The SMILES string of the molecule is O=C1OC(c2cc(Cl)ccc2Cl)=NC1=Cc1cc2c(cc1Br)OCO2. The van der Waals surface area contributed by atoms with Gasteiger partial charge in [-0.2, -0.15) is 0 Å². The molecule has 0 saturated carbocycles. The third-order valence-corrected chi connectivity index (χ3v) is 4.81. The molecule has 0 N–H and O–H groups in total. The van der Waals surface area contributed by atoms with Crippen molar-refractivity contribution in [3.8, 4) is 11.5 Å². The number of carbonyl (C=O) groups is 1. The van der Waals surface area contributed by atoms with Gasteiger partial charge in [-0.05, 0) is 42.0 Å². The van der Waals surface area contributed by atoms with Crippen LogP contribution in [0.25, 0.3) is 6.08 Å². The number of aliphatic imine (C=N–C) groups is 1. The molecule has 0 aliphatic carbocycles. The third kappa shape index (κ3) is 3.13. The molecule has 0 aromatic heterocycles. The van der Waals surface area contributed by atoms with Gasteiger partial charge in [0, 0.05) is 9.50 Å². The highest BCUT2D eigenvalue weighted by Crippen LogP contribution is 2.38. The fourth-order valence-corrected chi connectivity index (χ4v) is 3.18. The number of cyclic esters (lactones) is 1. The zero-order chi connectivity index (χ0) is 17.6. The Kier molecular flexibility index (Phi) is 4.19. The normalized spacial score (nSPS) is 17.0. The summed E-state index contributed by atoms with van der Waals surface area (Å²) in [5.41, 5.74) is 1.31. The standard InChI is InChI=1S/C17H8BrCl2NO4/c18-11-6-15-14(23-7-24-15)4-8(11)3-13-17(22)25-16(21-13)10-5-9(19)1-2-12(10)20/h1-6H,7H2. The molecular formula is C17H8BrCl2NO4. The Hall–Kier alpha value is -2.02. The predicted octanol–water partition coefficient (Wildman–Crippen LogP) is 4.83. The molecular weight excluding hydrogens is 433 g/mol. The monoisotopic (exact) mass is 439 g/mol. The Bertz CT molecular complexity index is 971. The lowest BCUT2D eigenvalue weighted by Gasteiger charge is -2.02. The Morgan fingerprint density at radius 3 is 2.68 bits per heavy atom. The molecule has 5 nitrogen and oxygen atoms in total. The minimum Gasteiger partial charge on any atom is -0.454 e. The van der Waals surface area contributed by atoms with Gasteiger partial charge in [0.1, 0.15) is 0 Å². The van der Waals surface area contributed by atoms with Crippen molar-refractivity contribution in [3.05, 3.63) is 61.7 Å². The van der Waals surface area contributed by atoms with Crippen LogP contribution in [0.15, 0.2) is 45.5 Å². The van der Waals surface area contributed by atoms with Crippen molar-refractivity contribution in [1.29, 1.82) is 0 Å². The molecule has 0 amide bonds. The Labute approximate surface area is 160 Å². The van der Waals surface area contributed by atoms with E-state index in [0.29, 0.717) is 32.7 Å². The van der Waals surface area contributed by atoms with E-state index in [2.05, 4.69) is 20.9 Å². The van der Waals surface area contributed by atoms with Crippen molar-refractivity contribution in [3.63, 3.8) is 0 Å². The molecule has 126 valence electrons. The maximum Gasteiger partial charge on any atom is 0.363 e. The summed E-state index contributed by atoms with van der Waals surface area (Å²) in [6.07, 6.45) is 1.60. The molecule has 2 aromatic carbocycles. The van der Waals surface area contributed by atoms with E-state index in [1.807, 2.05) is 0 Å². The van der Waals surface area contributed by atoms with Crippen molar-refractivity contribution in [2.45, 2.75) is 0 Å². The smallest absolute Gasteiger partial charge is 0.363 e. The number of hydrogen-bond acceptors (Lipinski definition) is 5. The number of halogens is 3. The first-order chi connectivity index (χ1) is 12.0. The maximum atomic E-state index is 12.2. The van der Waals surface area contributed by atoms with E-state index in [4.69, 9.17) is 37.4 Å². The quantitative estimate of drug-likeness (QED) is 0.495. The van der Waals surface area contributed by atoms with Gasteiger partial charge in [-0.3, -0.25) is 0 Å². The topological polar surface area (TPSA) is 57.1 Å². The van der Waals surface area contributed by atoms with Crippen molar-refractivity contribution < 1.29 is 19.0 Å². The molecule has 2 aliphatic heterocycles. The second-order valence-corrected chi connectivity index (χ2v) is 6.89. The van der Waals surface area contributed by atoms with Crippen molar-refractivity contribution in [1.82, 2.24) is 0 Å². The summed E-state index contributed by atoms with van der Waals surface area (Å²) in [7, 11) is 0. The lowest BCUT2D eigenvalue weighted by molar-refractivity contribution is -0.129. The number of hydrogen-bond donors (Lipinski definition) is 0. The van der Waals surface area contributed by atoms with Gasteiger partial charge < -0.3 is 14.2 Å². The Morgan fingerprint density at radius 2 is 1.88 bits per heavy atom. The zero-order valence-corrected chi connectivity index (χ0v) is 15.5. The van der Waals surface area contributed by atoms with Crippen molar-refractivity contribution in [2.24, 2.45) is 4.99 Å². The summed E-state index contributed by atoms with van der Waals surface area (Å²) >= 11 is 15.5. The molecule has 0 saturated heterocycles. The average Bonchev–Trinajstić information content (AvgIpc) is 3.17. The van der Waals surface area contributed by atoms with Gasteiger partial charge in [-0.25, -0.2) is 9.79 Å². The Balaban J connectivity index is 1.73. The number of fused-ring (bicyclic) bond motifs is 1. The highest BCUT2D eigenvalue weighted by atomic mass is 79.9. The number of nitrogens with zero attached hydrogens (tertiary/aromatic N) is 1. The van der Waals surface area contributed by atoms with Crippen LogP contribution >= 0.6 is 39.1 Å². The molecule has 2 aliphatic rings. The first kappa shape index (κ1) is 16.4. The van der Waals surface area contributed by atoms with Crippen LogP contribution < -0.4 is 9.47 Å². The minimum atomic E-state index is -0.574. The van der Waals surface area contributed by atoms with Crippen LogP contribution in [0.3, 0.4) is 0 Å². The third-order valence-electron chi connectivity index (χ3n) is 3.56. The van der Waals surface area contributed by atoms with Crippen LogP contribution in [-0.4, -0.2) is 18.7 Å². The van der Waals surface area contributed by atoms with E-state index < -0.39 is 5.97 Å². The van der Waals surface area contributed by atoms with E-state index in [1.54, 1.807) is 36.4 Å². The molecule has 0 fully saturated rings. The summed E-state index contributed by atoms with van der Waals surface area (Å²) in [6.45, 7) is 0.166. The van der Waals surface area contributed by atoms with Crippen LogP contribution in [0.1, 0.15) is 11.1 Å². The van der Waals surface area contributed by atoms with Gasteiger partial charge in [-0.1, -0.05) is 39.1 Å². The average molecular weight is 441 g/mol. The maximum absolute atomic E-state index is 12.2. The highest BCUT2D eigenvalue weighted by molar-refractivity contribution is 9.10. The molecule has 0 radical (unpaired) electrons. The van der Waals surface area contributed by atoms with Crippen LogP contribution in [0.2, 0.25) is 10.0 Å². The van der Waals surface area contributed by atoms with Crippen LogP contribution in [-0.2, 0) is 9.53 Å². The summed E-state index contributed by atoms with van der Waals surface area (Å²) < 4.78 is 16.6. The molecule has 0 spiro atoms. The van der Waals surface area contributed by atoms with E-state index in [9.17, 15) is 4.79 Å². The first-order valence-electron chi connectivity index (χ1n) is 7.08. The number of carbonyl (C=O) groups excluding carboxylic acids is 1. The summed E-state index contributed by atoms with van der Waals surface area (Å²) in [5.74, 6) is 0.776. The van der Waals surface area contributed by atoms with E-state index >= 15 is 0 Å². The van der Waals surface area contributed by atoms with Gasteiger partial charge in [0.05, 0.1) is 10.6 Å². The highest BCUT2D eigenvalue weighted by Gasteiger charge is 2.26. The molecule has 4 rings (SSSR count). The van der Waals surface area contributed by atoms with Crippen molar-refractivity contribution in [2.75, 3.05) is 6.79 Å². The molecule has 0 atom stereocenters. The molecule has 0 bridgehead atoms. The number of esters is 1. The zero-order valence-electron chi connectivity index (χ0n) is 12.4. The molecule has 0 unspecified atom stereocenters. The van der Waals surface area contributed by atoms with E-state index in [-0.39, 0.29) is 18.4 Å². The van der Waals surface area contributed by atoms with Crippen LogP contribution in [0.5, 0.6) is 11.5 Å². The van der Waals surface area contributed by atoms with Gasteiger partial charge in [0.25, 0.3) is 0 Å². The number of rotatable bonds is 2. The fraction of sp³-hybridized carbons (Fsp3) is 0.0588. The fourth-order valence-electron chi connectivity index (χ4n) is 2.38. The lowest BCUT2D eigenvalue weighted by Crippen LogP contribution is -2.06. The van der Waals surface area contributed by atoms with Crippen LogP contribution in [0.4, 0.5) is 0 Å². The lowest BCUT2D eigenvalue weighted by atomic mass is 10.1. The van der Waals surface area contributed by atoms with Gasteiger partial charge >= 0.3 is 5.97 Å². The number of ether oxygens (including phenoxy) is 3. The van der Waals surface area contributed by atoms with Crippen LogP contribution in [0, 0.1) is 0 Å². The van der Waals surface area contributed by atoms with E-state index in [1.165, 1.54) is 0 Å². The molecule has 2 aromatic rings. The van der Waals surface area contributed by atoms with Crippen molar-refractivity contribution >= 4 is 57.1 Å². The molecule has 8 heteroatoms. The van der Waals surface area contributed by atoms with E-state index in [0.717, 1.165) is 4.47 Å². The minimum absolute atomic E-state index is 0.112. The summed E-state index contributed by atoms with van der Waals surface area (Å²) in [4.78, 5) is 16.4. The van der Waals surface area contributed by atoms with Gasteiger partial charge in [0.2, 0.25) is 12.7 Å².